The summed E-state index contributed by atoms with van der Waals surface area (Å²) in [5.74, 6) is -0.364. The fraction of sp³-hybridized carbons (Fsp3) is 0.318. The van der Waals surface area contributed by atoms with Crippen molar-refractivity contribution in [3.63, 3.8) is 0 Å². The monoisotopic (exact) mass is 488 g/mol. The highest BCUT2D eigenvalue weighted by Gasteiger charge is 2.28. The molecule has 9 nitrogen and oxygen atoms in total. The van der Waals surface area contributed by atoms with E-state index >= 15 is 0 Å². The molecule has 11 heteroatoms. The highest BCUT2D eigenvalue weighted by molar-refractivity contribution is 7.89. The average Bonchev–Trinajstić information content (AvgIpc) is 3.55. The summed E-state index contributed by atoms with van der Waals surface area (Å²) < 4.78 is 32.1. The van der Waals surface area contributed by atoms with Gasteiger partial charge in [-0.25, -0.2) is 13.4 Å². The number of thiazole rings is 1. The first kappa shape index (κ1) is 23.1. The molecule has 0 unspecified atom stereocenters. The first-order valence-corrected chi connectivity index (χ1v) is 12.9. The minimum absolute atomic E-state index is 0.0755. The Hall–Kier alpha value is -3.02. The van der Waals surface area contributed by atoms with Crippen LogP contribution in [0.25, 0.3) is 0 Å². The number of carbonyl (C=O) groups excluding carboxylic acids is 2. The number of aromatic nitrogens is 1. The molecule has 1 N–H and O–H groups in total. The second kappa shape index (κ2) is 9.46. The van der Waals surface area contributed by atoms with E-state index in [1.807, 2.05) is 0 Å². The van der Waals surface area contributed by atoms with Crippen molar-refractivity contribution >= 4 is 44.0 Å². The van der Waals surface area contributed by atoms with Gasteiger partial charge in [0.25, 0.3) is 5.91 Å². The van der Waals surface area contributed by atoms with Gasteiger partial charge in [-0.15, -0.1) is 11.3 Å². The predicted octanol–water partition coefficient (Wildman–Crippen LogP) is 3.15. The van der Waals surface area contributed by atoms with Crippen molar-refractivity contribution in [2.75, 3.05) is 29.9 Å². The highest BCUT2D eigenvalue weighted by Crippen LogP contribution is 2.32. The topological polar surface area (TPSA) is 113 Å². The molecular weight excluding hydrogens is 464 g/mol. The standard InChI is InChI=1S/C22H24N4O5S2/c1-3-25(4-2)33(29,30)17-7-8-18-15(12-17)9-10-26(18)20(27)13-16-14-32-22(23-16)24-21(28)19-6-5-11-31-19/h5-8,11-12,14H,3-4,9-10,13H2,1-2H3,(H,23,24,28). The largest absolute Gasteiger partial charge is 0.459 e. The van der Waals surface area contributed by atoms with E-state index in [2.05, 4.69) is 10.3 Å². The maximum atomic E-state index is 12.9. The molecule has 3 aromatic rings. The third kappa shape index (κ3) is 4.70. The molecule has 0 aliphatic carbocycles. The van der Waals surface area contributed by atoms with Gasteiger partial charge in [0.05, 0.1) is 23.3 Å². The summed E-state index contributed by atoms with van der Waals surface area (Å²) in [7, 11) is -3.55. The lowest BCUT2D eigenvalue weighted by atomic mass is 10.2. The van der Waals surface area contributed by atoms with Crippen molar-refractivity contribution in [2.45, 2.75) is 31.6 Å². The molecule has 174 valence electrons. The second-order valence-electron chi connectivity index (χ2n) is 7.43. The van der Waals surface area contributed by atoms with Gasteiger partial charge in [-0.05, 0) is 42.3 Å². The van der Waals surface area contributed by atoms with Gasteiger partial charge in [-0.1, -0.05) is 13.8 Å². The number of amides is 2. The van der Waals surface area contributed by atoms with Gasteiger partial charge >= 0.3 is 0 Å². The highest BCUT2D eigenvalue weighted by atomic mass is 32.2. The molecule has 0 saturated heterocycles. The number of nitrogens with zero attached hydrogens (tertiary/aromatic N) is 3. The Morgan fingerprint density at radius 1 is 1.24 bits per heavy atom. The molecule has 1 aliphatic rings. The molecule has 0 radical (unpaired) electrons. The lowest BCUT2D eigenvalue weighted by Crippen LogP contribution is -2.31. The Labute approximate surface area is 196 Å². The minimum Gasteiger partial charge on any atom is -0.459 e. The molecule has 1 aromatic carbocycles. The summed E-state index contributed by atoms with van der Waals surface area (Å²) in [5.41, 5.74) is 2.11. The number of fused-ring (bicyclic) bond motifs is 1. The molecule has 0 spiro atoms. The normalized spacial score (nSPS) is 13.4. The molecule has 0 bridgehead atoms. The van der Waals surface area contributed by atoms with Crippen LogP contribution >= 0.6 is 11.3 Å². The van der Waals surface area contributed by atoms with Gasteiger partial charge in [0.2, 0.25) is 15.9 Å². The number of nitrogens with one attached hydrogen (secondary N) is 1. The van der Waals surface area contributed by atoms with E-state index in [-0.39, 0.29) is 23.0 Å². The molecule has 4 rings (SSSR count). The number of hydrogen-bond donors (Lipinski definition) is 1. The maximum absolute atomic E-state index is 12.9. The van der Waals surface area contributed by atoms with Crippen LogP contribution in [0.5, 0.6) is 0 Å². The van der Waals surface area contributed by atoms with Crippen molar-refractivity contribution in [2.24, 2.45) is 0 Å². The Balaban J connectivity index is 1.44. The zero-order valence-corrected chi connectivity index (χ0v) is 19.9. The summed E-state index contributed by atoms with van der Waals surface area (Å²) in [6, 6.07) is 8.10. The molecule has 1 aliphatic heterocycles. The first-order valence-electron chi connectivity index (χ1n) is 10.6. The molecule has 0 fully saturated rings. The van der Waals surface area contributed by atoms with Gasteiger partial charge < -0.3 is 9.32 Å². The van der Waals surface area contributed by atoms with E-state index < -0.39 is 15.9 Å². The summed E-state index contributed by atoms with van der Waals surface area (Å²) in [6.07, 6.45) is 2.08. The molecule has 0 saturated carbocycles. The van der Waals surface area contributed by atoms with Gasteiger partial charge in [0.15, 0.2) is 10.9 Å². The van der Waals surface area contributed by atoms with Crippen LogP contribution < -0.4 is 10.2 Å². The Morgan fingerprint density at radius 3 is 2.73 bits per heavy atom. The van der Waals surface area contributed by atoms with Crippen LogP contribution in [0.1, 0.15) is 35.7 Å². The van der Waals surface area contributed by atoms with Crippen LogP contribution in [-0.2, 0) is 27.7 Å². The van der Waals surface area contributed by atoms with E-state index in [4.69, 9.17) is 4.42 Å². The lowest BCUT2D eigenvalue weighted by molar-refractivity contribution is -0.117. The predicted molar refractivity (Wildman–Crippen MR) is 125 cm³/mol. The van der Waals surface area contributed by atoms with Crippen molar-refractivity contribution in [1.29, 1.82) is 0 Å². The van der Waals surface area contributed by atoms with Crippen LogP contribution in [0.15, 0.2) is 51.3 Å². The van der Waals surface area contributed by atoms with Gasteiger partial charge in [-0.3, -0.25) is 14.9 Å². The van der Waals surface area contributed by atoms with Crippen LogP contribution in [0.2, 0.25) is 0 Å². The van der Waals surface area contributed by atoms with Crippen molar-refractivity contribution in [3.05, 3.63) is 59.0 Å². The van der Waals surface area contributed by atoms with Crippen molar-refractivity contribution < 1.29 is 22.4 Å². The first-order chi connectivity index (χ1) is 15.8. The van der Waals surface area contributed by atoms with Crippen LogP contribution in [0.4, 0.5) is 10.8 Å². The zero-order valence-electron chi connectivity index (χ0n) is 18.3. The minimum atomic E-state index is -3.55. The number of carbonyl (C=O) groups is 2. The third-order valence-corrected chi connectivity index (χ3v) is 8.29. The zero-order chi connectivity index (χ0) is 23.6. The summed E-state index contributed by atoms with van der Waals surface area (Å²) in [4.78, 5) is 31.2. The Morgan fingerprint density at radius 2 is 2.03 bits per heavy atom. The number of anilines is 2. The second-order valence-corrected chi connectivity index (χ2v) is 10.2. The van der Waals surface area contributed by atoms with E-state index in [0.717, 1.165) is 11.3 Å². The number of hydrogen-bond acceptors (Lipinski definition) is 7. The number of furan rings is 1. The molecule has 2 amide bonds. The van der Waals surface area contributed by atoms with E-state index in [0.29, 0.717) is 36.9 Å². The van der Waals surface area contributed by atoms with Gasteiger partial charge in [-0.2, -0.15) is 4.31 Å². The maximum Gasteiger partial charge on any atom is 0.293 e. The number of rotatable bonds is 8. The average molecular weight is 489 g/mol. The van der Waals surface area contributed by atoms with Gasteiger partial charge in [0, 0.05) is 30.7 Å². The van der Waals surface area contributed by atoms with E-state index in [1.165, 1.54) is 21.9 Å². The summed E-state index contributed by atoms with van der Waals surface area (Å²) in [5, 5.41) is 4.76. The lowest BCUT2D eigenvalue weighted by Gasteiger charge is -2.20. The molecule has 0 atom stereocenters. The number of benzene rings is 1. The summed E-state index contributed by atoms with van der Waals surface area (Å²) >= 11 is 1.23. The third-order valence-electron chi connectivity index (χ3n) is 5.44. The van der Waals surface area contributed by atoms with Crippen molar-refractivity contribution in [3.8, 4) is 0 Å². The Kier molecular flexibility index (Phi) is 6.63. The summed E-state index contributed by atoms with van der Waals surface area (Å²) in [6.45, 7) is 4.90. The molecular formula is C22H24N4O5S2. The fourth-order valence-electron chi connectivity index (χ4n) is 3.77. The number of sulfonamides is 1. The van der Waals surface area contributed by atoms with Crippen molar-refractivity contribution in [1.82, 2.24) is 9.29 Å². The quantitative estimate of drug-likeness (QED) is 0.521. The fourth-order valence-corrected chi connectivity index (χ4v) is 5.99. The Bertz CT molecular complexity index is 1260. The van der Waals surface area contributed by atoms with Crippen LogP contribution in [-0.4, -0.2) is 49.2 Å². The SMILES string of the molecule is CCN(CC)S(=O)(=O)c1ccc2c(c1)CCN2C(=O)Cc1csc(NC(=O)c2ccco2)n1. The van der Waals surface area contributed by atoms with Crippen LogP contribution in [0, 0.1) is 0 Å². The van der Waals surface area contributed by atoms with E-state index in [1.54, 1.807) is 54.5 Å². The molecule has 2 aromatic heterocycles. The smallest absolute Gasteiger partial charge is 0.293 e. The molecule has 33 heavy (non-hydrogen) atoms. The molecule has 3 heterocycles. The van der Waals surface area contributed by atoms with E-state index in [9.17, 15) is 18.0 Å². The van der Waals surface area contributed by atoms with Crippen LogP contribution in [0.3, 0.4) is 0 Å². The van der Waals surface area contributed by atoms with Gasteiger partial charge in [0.1, 0.15) is 0 Å².